The summed E-state index contributed by atoms with van der Waals surface area (Å²) >= 11 is 0. The van der Waals surface area contributed by atoms with Crippen molar-refractivity contribution in [2.45, 2.75) is 69.9 Å². The largest absolute Gasteiger partial charge is 0.475 e. The lowest BCUT2D eigenvalue weighted by Gasteiger charge is -2.38. The first-order chi connectivity index (χ1) is 14.4. The molecule has 3 aliphatic rings. The Kier molecular flexibility index (Phi) is 6.99. The van der Waals surface area contributed by atoms with E-state index in [4.69, 9.17) is 28.8 Å². The summed E-state index contributed by atoms with van der Waals surface area (Å²) < 4.78 is 53.1. The molecule has 13 heteroatoms. The van der Waals surface area contributed by atoms with Crippen LogP contribution in [0.1, 0.15) is 33.6 Å². The Hall–Kier alpha value is -1.69. The minimum absolute atomic E-state index is 0.234. The molecule has 174 valence electrons. The van der Waals surface area contributed by atoms with Gasteiger partial charge in [0.2, 0.25) is 5.91 Å². The number of phosphoric acid groups is 1. The molecule has 11 nitrogen and oxygen atoms in total. The SMILES string of the molecule is CC(C)OC(=O)C[C@H](F)CO[P@@]1(=O)OC[C@H]2O[C@@H](N3C=CC(=O)CC3=O)[C@](C)(N)[C@@H]2O1. The molecule has 1 amide bonds. The maximum atomic E-state index is 14.0. The number of nitrogens with zero attached hydrogens (tertiary/aromatic N) is 1. The Morgan fingerprint density at radius 3 is 2.81 bits per heavy atom. The van der Waals surface area contributed by atoms with Crippen LogP contribution >= 0.6 is 7.82 Å². The van der Waals surface area contributed by atoms with Gasteiger partial charge in [0.25, 0.3) is 0 Å². The Morgan fingerprint density at radius 2 is 2.16 bits per heavy atom. The zero-order chi connectivity index (χ0) is 23.0. The zero-order valence-corrected chi connectivity index (χ0v) is 18.3. The third-order valence-corrected chi connectivity index (χ3v) is 6.30. The number of ether oxygens (including phenoxy) is 2. The standard InChI is InChI=1S/C18H26FN2O9P/c1-10(2)28-15(24)6-11(19)8-26-31(25)27-9-13-16(30-31)18(3,20)17(29-13)21-5-4-12(22)7-14(21)23/h4-5,10-11,13,16-17H,6-9,20H2,1-3H3/t11-,13+,16+,17+,18+,31-/m0/s1. The van der Waals surface area contributed by atoms with Crippen molar-refractivity contribution in [1.82, 2.24) is 4.90 Å². The van der Waals surface area contributed by atoms with Gasteiger partial charge in [-0.2, -0.15) is 0 Å². The molecule has 0 radical (unpaired) electrons. The molecular weight excluding hydrogens is 438 g/mol. The summed E-state index contributed by atoms with van der Waals surface area (Å²) in [6.45, 7) is 3.85. The van der Waals surface area contributed by atoms with E-state index in [2.05, 4.69) is 0 Å². The van der Waals surface area contributed by atoms with Crippen LogP contribution in [0.5, 0.6) is 0 Å². The van der Waals surface area contributed by atoms with Crippen molar-refractivity contribution in [3.63, 3.8) is 0 Å². The van der Waals surface area contributed by atoms with Crippen molar-refractivity contribution in [3.8, 4) is 0 Å². The molecule has 0 unspecified atom stereocenters. The Balaban J connectivity index is 1.62. The highest BCUT2D eigenvalue weighted by atomic mass is 31.2. The number of hydrogen-bond acceptors (Lipinski definition) is 10. The van der Waals surface area contributed by atoms with Crippen molar-refractivity contribution in [2.75, 3.05) is 13.2 Å². The van der Waals surface area contributed by atoms with E-state index in [1.54, 1.807) is 13.8 Å². The van der Waals surface area contributed by atoms with Crippen LogP contribution in [-0.4, -0.2) is 72.0 Å². The lowest BCUT2D eigenvalue weighted by Crippen LogP contribution is -2.60. The summed E-state index contributed by atoms with van der Waals surface area (Å²) in [6.07, 6.45) is -3.34. The van der Waals surface area contributed by atoms with Crippen LogP contribution in [0.3, 0.4) is 0 Å². The lowest BCUT2D eigenvalue weighted by atomic mass is 9.92. The van der Waals surface area contributed by atoms with E-state index in [1.807, 2.05) is 0 Å². The molecule has 6 atom stereocenters. The van der Waals surface area contributed by atoms with Crippen LogP contribution in [-0.2, 0) is 42.0 Å². The normalized spacial score (nSPS) is 36.6. The quantitative estimate of drug-likeness (QED) is 0.329. The van der Waals surface area contributed by atoms with Gasteiger partial charge in [0.05, 0.1) is 37.7 Å². The number of ketones is 1. The van der Waals surface area contributed by atoms with Gasteiger partial charge in [0.15, 0.2) is 12.0 Å². The van der Waals surface area contributed by atoms with Gasteiger partial charge in [-0.25, -0.2) is 8.96 Å². The highest BCUT2D eigenvalue weighted by molar-refractivity contribution is 7.48. The van der Waals surface area contributed by atoms with Gasteiger partial charge >= 0.3 is 13.8 Å². The highest BCUT2D eigenvalue weighted by Crippen LogP contribution is 2.57. The highest BCUT2D eigenvalue weighted by Gasteiger charge is 2.60. The number of nitrogens with two attached hydrogens (primary N) is 1. The van der Waals surface area contributed by atoms with Crippen LogP contribution in [0.25, 0.3) is 0 Å². The van der Waals surface area contributed by atoms with E-state index < -0.39 is 69.0 Å². The Bertz CT molecular complexity index is 818. The van der Waals surface area contributed by atoms with Crippen LogP contribution in [0.2, 0.25) is 0 Å². The first-order valence-electron chi connectivity index (χ1n) is 9.79. The molecule has 0 saturated carbocycles. The molecule has 0 aliphatic carbocycles. The summed E-state index contributed by atoms with van der Waals surface area (Å²) in [5.41, 5.74) is 5.02. The molecule has 2 saturated heterocycles. The number of rotatable bonds is 7. The fourth-order valence-electron chi connectivity index (χ4n) is 3.48. The number of alkyl halides is 1. The van der Waals surface area contributed by atoms with Gasteiger partial charge in [-0.1, -0.05) is 0 Å². The van der Waals surface area contributed by atoms with Crippen LogP contribution < -0.4 is 5.73 Å². The predicted molar refractivity (Wildman–Crippen MR) is 102 cm³/mol. The molecule has 0 bridgehead atoms. The number of amides is 1. The summed E-state index contributed by atoms with van der Waals surface area (Å²) in [5, 5.41) is 0. The van der Waals surface area contributed by atoms with Crippen molar-refractivity contribution in [2.24, 2.45) is 5.73 Å². The number of esters is 1. The molecule has 3 rings (SSSR count). The fourth-order valence-corrected chi connectivity index (χ4v) is 4.99. The van der Waals surface area contributed by atoms with E-state index in [9.17, 15) is 23.3 Å². The minimum atomic E-state index is -4.21. The minimum Gasteiger partial charge on any atom is -0.463 e. The van der Waals surface area contributed by atoms with Crippen LogP contribution in [0, 0.1) is 0 Å². The number of phosphoric ester groups is 1. The first kappa shape index (κ1) is 24.0. The van der Waals surface area contributed by atoms with Gasteiger partial charge in [0.1, 0.15) is 18.4 Å². The van der Waals surface area contributed by atoms with Crippen LogP contribution in [0.4, 0.5) is 4.39 Å². The summed E-state index contributed by atoms with van der Waals surface area (Å²) in [6, 6.07) is 0. The zero-order valence-electron chi connectivity index (χ0n) is 17.4. The molecular formula is C18H26FN2O9P. The first-order valence-corrected chi connectivity index (χ1v) is 11.2. The molecule has 0 aromatic heterocycles. The molecule has 2 fully saturated rings. The number of fused-ring (bicyclic) bond motifs is 1. The number of hydrogen-bond donors (Lipinski definition) is 1. The average molecular weight is 464 g/mol. The van der Waals surface area contributed by atoms with Gasteiger partial charge in [-0.05, 0) is 26.8 Å². The summed E-state index contributed by atoms with van der Waals surface area (Å²) in [5.74, 6) is -1.60. The van der Waals surface area contributed by atoms with E-state index in [1.165, 1.54) is 24.1 Å². The molecule has 0 aromatic rings. The van der Waals surface area contributed by atoms with E-state index in [0.29, 0.717) is 0 Å². The van der Waals surface area contributed by atoms with Gasteiger partial charge in [-0.3, -0.25) is 32.9 Å². The van der Waals surface area contributed by atoms with Gasteiger partial charge in [0, 0.05) is 6.20 Å². The van der Waals surface area contributed by atoms with E-state index >= 15 is 0 Å². The second-order valence-corrected chi connectivity index (χ2v) is 9.68. The van der Waals surface area contributed by atoms with Crippen molar-refractivity contribution in [1.29, 1.82) is 0 Å². The Morgan fingerprint density at radius 1 is 1.45 bits per heavy atom. The number of allylic oxidation sites excluding steroid dienone is 1. The molecule has 2 N–H and O–H groups in total. The summed E-state index contributed by atoms with van der Waals surface area (Å²) in [4.78, 5) is 36.4. The molecule has 3 heterocycles. The van der Waals surface area contributed by atoms with Crippen molar-refractivity contribution in [3.05, 3.63) is 12.3 Å². The van der Waals surface area contributed by atoms with Crippen molar-refractivity contribution >= 4 is 25.5 Å². The van der Waals surface area contributed by atoms with Gasteiger partial charge in [-0.15, -0.1) is 0 Å². The van der Waals surface area contributed by atoms with Crippen molar-refractivity contribution < 1.29 is 46.4 Å². The second kappa shape index (κ2) is 9.05. The maximum absolute atomic E-state index is 14.0. The van der Waals surface area contributed by atoms with Gasteiger partial charge < -0.3 is 15.2 Å². The lowest BCUT2D eigenvalue weighted by molar-refractivity contribution is -0.149. The topological polar surface area (TPSA) is 144 Å². The average Bonchev–Trinajstić information content (AvgIpc) is 2.90. The number of halogens is 1. The third kappa shape index (κ3) is 5.39. The molecule has 3 aliphatic heterocycles. The number of carbonyl (C=O) groups is 3. The Labute approximate surface area is 178 Å². The van der Waals surface area contributed by atoms with E-state index in [0.717, 1.165) is 0 Å². The smallest absolute Gasteiger partial charge is 0.463 e. The summed E-state index contributed by atoms with van der Waals surface area (Å²) in [7, 11) is -4.21. The number of carbonyl (C=O) groups excluding carboxylic acids is 3. The maximum Gasteiger partial charge on any atom is 0.475 e. The van der Waals surface area contributed by atoms with Crippen LogP contribution in [0.15, 0.2) is 12.3 Å². The second-order valence-electron chi connectivity index (χ2n) is 8.06. The monoisotopic (exact) mass is 464 g/mol. The fraction of sp³-hybridized carbons (Fsp3) is 0.722. The molecule has 31 heavy (non-hydrogen) atoms. The van der Waals surface area contributed by atoms with E-state index in [-0.39, 0.29) is 18.8 Å². The molecule has 0 aromatic carbocycles. The molecule has 0 spiro atoms. The third-order valence-electron chi connectivity index (χ3n) is 4.88. The predicted octanol–water partition coefficient (Wildman–Crippen LogP) is 0.964.